The number of benzene rings is 1. The third-order valence-corrected chi connectivity index (χ3v) is 7.49. The van der Waals surface area contributed by atoms with Crippen LogP contribution >= 0.6 is 11.3 Å². The Labute approximate surface area is 237 Å². The summed E-state index contributed by atoms with van der Waals surface area (Å²) in [7, 11) is 0. The molecule has 203 valence electrons. The number of thiazole rings is 1. The van der Waals surface area contributed by atoms with Crippen molar-refractivity contribution in [1.29, 1.82) is 0 Å². The first-order valence-corrected chi connectivity index (χ1v) is 14.2. The standard InChI is InChI=1S/C25H35N3O2S.2C2H6.V.H2/c1-6-20(18-10-12-19(13-11-18)23-17(3)26-16-31-23)27-24(30)21-9-8-14-28(21)22(29)15-25(4,5)7-2;2*1-2;;/h10-13,16,20-21H,6-9,14-15H2,1-5H3,(H,27,30);2*1-2H3;;1H/t20-,21-;;;;/m0..../s1. The van der Waals surface area contributed by atoms with Crippen LogP contribution in [0.1, 0.15) is 106 Å². The topological polar surface area (TPSA) is 62.3 Å². The van der Waals surface area contributed by atoms with Gasteiger partial charge in [-0.15, -0.1) is 11.3 Å². The SMILES string of the molecule is CC.CC.CC[C@H](NC(=O)[C@@H]1CCCN1C(=O)CC(C)(C)CC)c1ccc(-c2scnc2C)cc1.[HH].[V]. The van der Waals surface area contributed by atoms with Gasteiger partial charge in [0, 0.05) is 32.9 Å². The maximum atomic E-state index is 13.1. The summed E-state index contributed by atoms with van der Waals surface area (Å²) in [6.07, 6.45) is 3.86. The van der Waals surface area contributed by atoms with Crippen molar-refractivity contribution in [2.75, 3.05) is 6.54 Å². The molecule has 1 radical (unpaired) electrons. The second-order valence-corrected chi connectivity index (χ2v) is 10.2. The summed E-state index contributed by atoms with van der Waals surface area (Å²) >= 11 is 1.64. The van der Waals surface area contributed by atoms with Gasteiger partial charge in [0.1, 0.15) is 6.04 Å². The van der Waals surface area contributed by atoms with E-state index in [1.54, 1.807) is 16.2 Å². The molecule has 1 aromatic heterocycles. The van der Waals surface area contributed by atoms with Crippen molar-refractivity contribution >= 4 is 23.2 Å². The number of aromatic nitrogens is 1. The first-order valence-electron chi connectivity index (χ1n) is 13.4. The van der Waals surface area contributed by atoms with Gasteiger partial charge in [-0.1, -0.05) is 86.1 Å². The number of aryl methyl sites for hydroxylation is 1. The van der Waals surface area contributed by atoms with E-state index in [9.17, 15) is 9.59 Å². The number of likely N-dealkylation sites (tertiary alicyclic amines) is 1. The van der Waals surface area contributed by atoms with Crippen molar-refractivity contribution in [1.82, 2.24) is 15.2 Å². The fraction of sp³-hybridized carbons (Fsp3) is 0.621. The third-order valence-electron chi connectivity index (χ3n) is 6.51. The summed E-state index contributed by atoms with van der Waals surface area (Å²) in [6.45, 7) is 19.1. The van der Waals surface area contributed by atoms with Crippen LogP contribution in [-0.4, -0.2) is 34.3 Å². The van der Waals surface area contributed by atoms with E-state index in [1.165, 1.54) is 4.88 Å². The number of carbonyl (C=O) groups is 2. The van der Waals surface area contributed by atoms with Crippen LogP contribution in [0.25, 0.3) is 10.4 Å². The van der Waals surface area contributed by atoms with Crippen LogP contribution in [0.15, 0.2) is 29.8 Å². The third kappa shape index (κ3) is 9.35. The summed E-state index contributed by atoms with van der Waals surface area (Å²) in [4.78, 5) is 33.3. The number of amides is 2. The molecule has 3 rings (SSSR count). The molecule has 0 bridgehead atoms. The Morgan fingerprint density at radius 3 is 2.28 bits per heavy atom. The summed E-state index contributed by atoms with van der Waals surface area (Å²) in [6, 6.07) is 7.96. The van der Waals surface area contributed by atoms with Crippen molar-refractivity contribution in [2.24, 2.45) is 5.41 Å². The zero-order valence-corrected chi connectivity index (χ0v) is 26.1. The van der Waals surface area contributed by atoms with E-state index in [1.807, 2.05) is 40.1 Å². The van der Waals surface area contributed by atoms with Crippen LogP contribution in [-0.2, 0) is 28.1 Å². The molecule has 5 nitrogen and oxygen atoms in total. The molecule has 0 saturated carbocycles. The van der Waals surface area contributed by atoms with Crippen LogP contribution in [0.4, 0.5) is 0 Å². The predicted octanol–water partition coefficient (Wildman–Crippen LogP) is 7.80. The quantitative estimate of drug-likeness (QED) is 0.362. The first kappa shape index (κ1) is 34.4. The van der Waals surface area contributed by atoms with Crippen molar-refractivity contribution in [3.05, 3.63) is 41.0 Å². The fourth-order valence-corrected chi connectivity index (χ4v) is 4.92. The smallest absolute Gasteiger partial charge is 0.243 e. The summed E-state index contributed by atoms with van der Waals surface area (Å²) in [5.41, 5.74) is 5.10. The van der Waals surface area contributed by atoms with E-state index in [4.69, 9.17) is 0 Å². The van der Waals surface area contributed by atoms with Gasteiger partial charge in [-0.05, 0) is 42.7 Å². The number of hydrogen-bond donors (Lipinski definition) is 1. The maximum Gasteiger partial charge on any atom is 0.243 e. The second kappa shape index (κ2) is 17.0. The van der Waals surface area contributed by atoms with Crippen LogP contribution < -0.4 is 5.32 Å². The minimum atomic E-state index is -0.353. The summed E-state index contributed by atoms with van der Waals surface area (Å²) in [5, 5.41) is 3.21. The molecule has 1 aromatic carbocycles. The van der Waals surface area contributed by atoms with Gasteiger partial charge in [-0.3, -0.25) is 9.59 Å². The molecule has 1 fully saturated rings. The molecular weight excluding hydrogens is 505 g/mol. The summed E-state index contributed by atoms with van der Waals surface area (Å²) in [5.74, 6) is 0.0659. The molecule has 2 amide bonds. The summed E-state index contributed by atoms with van der Waals surface area (Å²) < 4.78 is 0. The molecule has 2 heterocycles. The van der Waals surface area contributed by atoms with Crippen molar-refractivity contribution in [3.8, 4) is 10.4 Å². The molecular formula is C29H49N3O2SV. The second-order valence-electron chi connectivity index (χ2n) is 9.30. The monoisotopic (exact) mass is 554 g/mol. The molecule has 36 heavy (non-hydrogen) atoms. The number of nitrogens with one attached hydrogen (secondary N) is 1. The van der Waals surface area contributed by atoms with Gasteiger partial charge in [-0.2, -0.15) is 0 Å². The number of rotatable bonds is 8. The maximum absolute atomic E-state index is 13.1. The van der Waals surface area contributed by atoms with Gasteiger partial charge in [-0.25, -0.2) is 4.98 Å². The van der Waals surface area contributed by atoms with Gasteiger partial charge in [0.05, 0.1) is 22.1 Å². The average molecular weight is 555 g/mol. The molecule has 2 atom stereocenters. The van der Waals surface area contributed by atoms with E-state index < -0.39 is 0 Å². The van der Waals surface area contributed by atoms with Crippen molar-refractivity contribution in [2.45, 2.75) is 107 Å². The normalized spacial score (nSPS) is 15.5. The Kier molecular flexibility index (Phi) is 16.2. The average Bonchev–Trinajstić information content (AvgIpc) is 3.54. The Morgan fingerprint density at radius 2 is 1.78 bits per heavy atom. The Morgan fingerprint density at radius 1 is 1.17 bits per heavy atom. The number of nitrogens with zero attached hydrogens (tertiary/aromatic N) is 2. The molecule has 7 heteroatoms. The zero-order chi connectivity index (χ0) is 26.6. The van der Waals surface area contributed by atoms with Crippen LogP contribution in [0.5, 0.6) is 0 Å². The molecule has 1 aliphatic rings. The molecule has 1 N–H and O–H groups in total. The van der Waals surface area contributed by atoms with E-state index in [2.05, 4.69) is 62.3 Å². The predicted molar refractivity (Wildman–Crippen MR) is 152 cm³/mol. The molecule has 0 unspecified atom stereocenters. The van der Waals surface area contributed by atoms with Gasteiger partial charge >= 0.3 is 0 Å². The van der Waals surface area contributed by atoms with E-state index in [0.717, 1.165) is 42.5 Å². The number of carbonyl (C=O) groups excluding carboxylic acids is 2. The molecule has 0 spiro atoms. The number of hydrogen-bond acceptors (Lipinski definition) is 4. The van der Waals surface area contributed by atoms with Gasteiger partial charge in [0.25, 0.3) is 0 Å². The Bertz CT molecular complexity index is 918. The largest absolute Gasteiger partial charge is 0.348 e. The van der Waals surface area contributed by atoms with Crippen LogP contribution in [0.3, 0.4) is 0 Å². The Balaban J connectivity index is 0. The van der Waals surface area contributed by atoms with Gasteiger partial charge < -0.3 is 10.2 Å². The van der Waals surface area contributed by atoms with Crippen molar-refractivity contribution < 1.29 is 29.6 Å². The minimum absolute atomic E-state index is 0. The minimum Gasteiger partial charge on any atom is -0.348 e. The molecule has 0 aliphatic carbocycles. The first-order chi connectivity index (χ1) is 16.8. The Hall–Kier alpha value is -1.63. The van der Waals surface area contributed by atoms with Crippen molar-refractivity contribution in [3.63, 3.8) is 0 Å². The van der Waals surface area contributed by atoms with E-state index >= 15 is 0 Å². The van der Waals surface area contributed by atoms with Crippen LogP contribution in [0, 0.1) is 12.3 Å². The van der Waals surface area contributed by atoms with E-state index in [0.29, 0.717) is 13.0 Å². The molecule has 1 aliphatic heterocycles. The molecule has 2 aromatic rings. The molecule has 1 saturated heterocycles. The van der Waals surface area contributed by atoms with Gasteiger partial charge in [0.2, 0.25) is 11.8 Å². The van der Waals surface area contributed by atoms with Crippen LogP contribution in [0.2, 0.25) is 0 Å². The zero-order valence-electron chi connectivity index (χ0n) is 23.9. The fourth-order valence-electron chi connectivity index (χ4n) is 4.11. The van der Waals surface area contributed by atoms with Gasteiger partial charge in [0.15, 0.2) is 0 Å². The van der Waals surface area contributed by atoms with E-state index in [-0.39, 0.29) is 49.3 Å².